The van der Waals surface area contributed by atoms with E-state index in [0.717, 1.165) is 35.1 Å². The Morgan fingerprint density at radius 2 is 1.84 bits per heavy atom. The summed E-state index contributed by atoms with van der Waals surface area (Å²) < 4.78 is 11.8. The second kappa shape index (κ2) is 6.63. The minimum Gasteiger partial charge on any atom is -0.490 e. The van der Waals surface area contributed by atoms with Crippen LogP contribution in [0.2, 0.25) is 0 Å². The second-order valence-electron chi connectivity index (χ2n) is 6.53. The fourth-order valence-electron chi connectivity index (χ4n) is 3.34. The zero-order chi connectivity index (χ0) is 17.2. The highest BCUT2D eigenvalue weighted by molar-refractivity contribution is 5.96. The lowest BCUT2D eigenvalue weighted by Gasteiger charge is -2.31. The van der Waals surface area contributed by atoms with Crippen molar-refractivity contribution in [1.82, 2.24) is 4.90 Å². The molecular formula is C21H21NO3. The minimum atomic E-state index is -0.0336. The van der Waals surface area contributed by atoms with Gasteiger partial charge in [0.2, 0.25) is 0 Å². The number of carbonyl (C=O) groups excluding carboxylic acids is 1. The first-order valence-electron chi connectivity index (χ1n) is 8.71. The quantitative estimate of drug-likeness (QED) is 0.711. The molecule has 128 valence electrons. The topological polar surface area (TPSA) is 42.7 Å². The molecule has 0 N–H and O–H groups in total. The first-order chi connectivity index (χ1) is 12.2. The van der Waals surface area contributed by atoms with Crippen molar-refractivity contribution in [3.05, 3.63) is 65.9 Å². The van der Waals surface area contributed by atoms with Crippen LogP contribution < -0.4 is 4.74 Å². The SMILES string of the molecule is Cc1cccc2cc(C(=O)N3CCC(Oc4ccccc4)CC3)oc12. The highest BCUT2D eigenvalue weighted by atomic mass is 16.5. The molecule has 1 amide bonds. The summed E-state index contributed by atoms with van der Waals surface area (Å²) in [5, 5.41) is 0.977. The molecule has 0 unspecified atom stereocenters. The molecule has 1 aliphatic heterocycles. The molecule has 1 aromatic heterocycles. The van der Waals surface area contributed by atoms with Gasteiger partial charge in [-0.25, -0.2) is 0 Å². The summed E-state index contributed by atoms with van der Waals surface area (Å²) in [7, 11) is 0. The lowest BCUT2D eigenvalue weighted by atomic mass is 10.1. The molecule has 4 rings (SSSR count). The predicted octanol–water partition coefficient (Wildman–Crippen LogP) is 4.42. The van der Waals surface area contributed by atoms with Crippen molar-refractivity contribution in [2.75, 3.05) is 13.1 Å². The number of rotatable bonds is 3. The lowest BCUT2D eigenvalue weighted by Crippen LogP contribution is -2.41. The highest BCUT2D eigenvalue weighted by Gasteiger charge is 2.26. The second-order valence-corrected chi connectivity index (χ2v) is 6.53. The van der Waals surface area contributed by atoms with E-state index in [2.05, 4.69) is 0 Å². The van der Waals surface area contributed by atoms with Crippen LogP contribution in [0.4, 0.5) is 0 Å². The molecule has 4 heteroatoms. The Bertz CT molecular complexity index is 877. The Balaban J connectivity index is 1.41. The fourth-order valence-corrected chi connectivity index (χ4v) is 3.34. The van der Waals surface area contributed by atoms with Crippen LogP contribution in [-0.2, 0) is 0 Å². The number of carbonyl (C=O) groups is 1. The number of amides is 1. The summed E-state index contributed by atoms with van der Waals surface area (Å²) in [4.78, 5) is 14.6. The highest BCUT2D eigenvalue weighted by Crippen LogP contribution is 2.25. The first-order valence-corrected chi connectivity index (χ1v) is 8.71. The van der Waals surface area contributed by atoms with E-state index in [4.69, 9.17) is 9.15 Å². The van der Waals surface area contributed by atoms with E-state index >= 15 is 0 Å². The number of hydrogen-bond acceptors (Lipinski definition) is 3. The number of piperidine rings is 1. The third-order valence-electron chi connectivity index (χ3n) is 4.73. The summed E-state index contributed by atoms with van der Waals surface area (Å²) in [6, 6.07) is 17.6. The fraction of sp³-hybridized carbons (Fsp3) is 0.286. The molecule has 1 fully saturated rings. The number of likely N-dealkylation sites (tertiary alicyclic amines) is 1. The first kappa shape index (κ1) is 15.8. The van der Waals surface area contributed by atoms with E-state index in [9.17, 15) is 4.79 Å². The molecule has 25 heavy (non-hydrogen) atoms. The van der Waals surface area contributed by atoms with Crippen molar-refractivity contribution < 1.29 is 13.9 Å². The van der Waals surface area contributed by atoms with Crippen LogP contribution in [0.25, 0.3) is 11.0 Å². The molecule has 0 spiro atoms. The summed E-state index contributed by atoms with van der Waals surface area (Å²) in [5.74, 6) is 1.28. The Kier molecular flexibility index (Phi) is 4.18. The number of fused-ring (bicyclic) bond motifs is 1. The molecule has 0 aliphatic carbocycles. The van der Waals surface area contributed by atoms with Crippen LogP contribution in [-0.4, -0.2) is 30.0 Å². The van der Waals surface area contributed by atoms with Gasteiger partial charge in [-0.2, -0.15) is 0 Å². The van der Waals surface area contributed by atoms with E-state index in [-0.39, 0.29) is 12.0 Å². The zero-order valence-electron chi connectivity index (χ0n) is 14.3. The van der Waals surface area contributed by atoms with Gasteiger partial charge in [0.05, 0.1) is 0 Å². The standard InChI is InChI=1S/C21H21NO3/c1-15-6-5-7-16-14-19(25-20(15)16)21(23)22-12-10-18(11-13-22)24-17-8-3-2-4-9-17/h2-9,14,18H,10-13H2,1H3. The minimum absolute atomic E-state index is 0.0336. The van der Waals surface area contributed by atoms with Crippen molar-refractivity contribution >= 4 is 16.9 Å². The van der Waals surface area contributed by atoms with Gasteiger partial charge in [-0.05, 0) is 30.7 Å². The van der Waals surface area contributed by atoms with Gasteiger partial charge in [0.1, 0.15) is 17.4 Å². The number of hydrogen-bond donors (Lipinski definition) is 0. The monoisotopic (exact) mass is 335 g/mol. The van der Waals surface area contributed by atoms with E-state index in [1.54, 1.807) is 0 Å². The molecule has 3 aromatic rings. The van der Waals surface area contributed by atoms with Gasteiger partial charge >= 0.3 is 0 Å². The maximum absolute atomic E-state index is 12.7. The maximum Gasteiger partial charge on any atom is 0.289 e. The number of ether oxygens (including phenoxy) is 1. The Morgan fingerprint density at radius 3 is 2.56 bits per heavy atom. The maximum atomic E-state index is 12.7. The number of aryl methyl sites for hydroxylation is 1. The van der Waals surface area contributed by atoms with Crippen LogP contribution >= 0.6 is 0 Å². The summed E-state index contributed by atoms with van der Waals surface area (Å²) in [6.45, 7) is 3.37. The molecule has 4 nitrogen and oxygen atoms in total. The summed E-state index contributed by atoms with van der Waals surface area (Å²) in [5.41, 5.74) is 1.85. The third kappa shape index (κ3) is 3.25. The van der Waals surface area contributed by atoms with E-state index < -0.39 is 0 Å². The van der Waals surface area contributed by atoms with Crippen LogP contribution in [0.5, 0.6) is 5.75 Å². The molecule has 0 bridgehead atoms. The van der Waals surface area contributed by atoms with Crippen molar-refractivity contribution in [1.29, 1.82) is 0 Å². The van der Waals surface area contributed by atoms with Crippen molar-refractivity contribution in [3.8, 4) is 5.75 Å². The third-order valence-corrected chi connectivity index (χ3v) is 4.73. The molecule has 0 radical (unpaired) electrons. The smallest absolute Gasteiger partial charge is 0.289 e. The van der Waals surface area contributed by atoms with Gasteiger partial charge in [-0.1, -0.05) is 36.4 Å². The van der Waals surface area contributed by atoms with Crippen molar-refractivity contribution in [3.63, 3.8) is 0 Å². The van der Waals surface area contributed by atoms with Gasteiger partial charge in [0.25, 0.3) is 5.91 Å². The van der Waals surface area contributed by atoms with E-state index in [1.807, 2.05) is 66.4 Å². The predicted molar refractivity (Wildman–Crippen MR) is 96.9 cm³/mol. The van der Waals surface area contributed by atoms with Gasteiger partial charge in [-0.3, -0.25) is 4.79 Å². The summed E-state index contributed by atoms with van der Waals surface area (Å²) in [6.07, 6.45) is 1.82. The van der Waals surface area contributed by atoms with Crippen molar-refractivity contribution in [2.24, 2.45) is 0 Å². The van der Waals surface area contributed by atoms with Gasteiger partial charge in [-0.15, -0.1) is 0 Å². The van der Waals surface area contributed by atoms with Crippen LogP contribution in [0, 0.1) is 6.92 Å². The van der Waals surface area contributed by atoms with Crippen LogP contribution in [0.1, 0.15) is 29.0 Å². The van der Waals surface area contributed by atoms with E-state index in [0.29, 0.717) is 18.8 Å². The number of nitrogens with zero attached hydrogens (tertiary/aromatic N) is 1. The zero-order valence-corrected chi connectivity index (χ0v) is 14.3. The molecule has 2 heterocycles. The van der Waals surface area contributed by atoms with Gasteiger partial charge < -0.3 is 14.1 Å². The van der Waals surface area contributed by atoms with Crippen LogP contribution in [0.3, 0.4) is 0 Å². The number of para-hydroxylation sites is 2. The average Bonchev–Trinajstić information content (AvgIpc) is 3.08. The Morgan fingerprint density at radius 1 is 1.08 bits per heavy atom. The molecular weight excluding hydrogens is 314 g/mol. The van der Waals surface area contributed by atoms with Gasteiger partial charge in [0, 0.05) is 31.3 Å². The number of benzene rings is 2. The summed E-state index contributed by atoms with van der Waals surface area (Å²) >= 11 is 0. The van der Waals surface area contributed by atoms with Crippen molar-refractivity contribution in [2.45, 2.75) is 25.9 Å². The largest absolute Gasteiger partial charge is 0.490 e. The molecule has 0 saturated carbocycles. The normalized spacial score (nSPS) is 15.5. The molecule has 2 aromatic carbocycles. The Hall–Kier alpha value is -2.75. The van der Waals surface area contributed by atoms with E-state index in [1.165, 1.54) is 0 Å². The molecule has 0 atom stereocenters. The lowest BCUT2D eigenvalue weighted by molar-refractivity contribution is 0.0569. The number of furan rings is 1. The van der Waals surface area contributed by atoms with Gasteiger partial charge in [0.15, 0.2) is 5.76 Å². The molecule has 1 aliphatic rings. The Labute approximate surface area is 147 Å². The molecule has 1 saturated heterocycles. The van der Waals surface area contributed by atoms with Crippen LogP contribution in [0.15, 0.2) is 59.0 Å². The average molecular weight is 335 g/mol.